The smallest absolute Gasteiger partial charge is 0.339 e. The molecule has 1 aliphatic rings. The lowest BCUT2D eigenvalue weighted by Gasteiger charge is -2.33. The normalized spacial score (nSPS) is 15.4. The predicted octanol–water partition coefficient (Wildman–Crippen LogP) is 3.67. The number of carbonyl (C=O) groups is 2. The third-order valence-electron chi connectivity index (χ3n) is 4.53. The average Bonchev–Trinajstić information content (AvgIpc) is 2.98. The van der Waals surface area contributed by atoms with Gasteiger partial charge in [0.1, 0.15) is 5.56 Å². The zero-order chi connectivity index (χ0) is 18.1. The molecule has 0 saturated carbocycles. The van der Waals surface area contributed by atoms with Gasteiger partial charge in [-0.2, -0.15) is 5.10 Å². The Kier molecular flexibility index (Phi) is 5.01. The minimum absolute atomic E-state index is 0.0759. The highest BCUT2D eigenvalue weighted by Crippen LogP contribution is 2.27. The second kappa shape index (κ2) is 7.06. The number of hydrogen-bond donors (Lipinski definition) is 1. The van der Waals surface area contributed by atoms with Gasteiger partial charge < -0.3 is 10.0 Å². The van der Waals surface area contributed by atoms with Crippen LogP contribution >= 0.6 is 23.2 Å². The summed E-state index contributed by atoms with van der Waals surface area (Å²) < 4.78 is 1.75. The van der Waals surface area contributed by atoms with Crippen molar-refractivity contribution in [1.29, 1.82) is 0 Å². The zero-order valence-electron chi connectivity index (χ0n) is 13.6. The van der Waals surface area contributed by atoms with Crippen molar-refractivity contribution in [3.63, 3.8) is 0 Å². The lowest BCUT2D eigenvalue weighted by molar-refractivity contribution is 0.0688. The molecule has 2 aromatic rings. The fraction of sp³-hybridized carbons (Fsp3) is 0.353. The predicted molar refractivity (Wildman–Crippen MR) is 94.6 cm³/mol. The number of nitrogens with zero attached hydrogens (tertiary/aromatic N) is 3. The van der Waals surface area contributed by atoms with Gasteiger partial charge in [0, 0.05) is 18.1 Å². The average molecular weight is 382 g/mol. The number of piperidine rings is 1. The van der Waals surface area contributed by atoms with E-state index in [-0.39, 0.29) is 17.5 Å². The Morgan fingerprint density at radius 3 is 2.48 bits per heavy atom. The molecule has 0 radical (unpaired) electrons. The number of aromatic carboxylic acids is 1. The first-order valence-electron chi connectivity index (χ1n) is 7.90. The van der Waals surface area contributed by atoms with Crippen LogP contribution in [-0.4, -0.2) is 44.8 Å². The van der Waals surface area contributed by atoms with E-state index in [4.69, 9.17) is 28.3 Å². The van der Waals surface area contributed by atoms with Crippen LogP contribution in [0.2, 0.25) is 10.0 Å². The number of carboxylic acids is 1. The van der Waals surface area contributed by atoms with Gasteiger partial charge in [-0.05, 0) is 38.0 Å². The minimum Gasteiger partial charge on any atom is -0.478 e. The second-order valence-electron chi connectivity index (χ2n) is 6.04. The van der Waals surface area contributed by atoms with Gasteiger partial charge in [0.15, 0.2) is 0 Å². The topological polar surface area (TPSA) is 75.4 Å². The summed E-state index contributed by atoms with van der Waals surface area (Å²) in [5.41, 5.74) is 1.25. The molecule has 0 spiro atoms. The summed E-state index contributed by atoms with van der Waals surface area (Å²) in [4.78, 5) is 25.5. The standard InChI is InChI=1S/C17H17Cl2N3O3/c1-10-14(17(24)25)9-20-22(10)12-4-6-21(7-5-12)16(23)13-8-11(18)2-3-15(13)19/h2-3,8-9,12H,4-7H2,1H3,(H,24,25). The fourth-order valence-corrected chi connectivity index (χ4v) is 3.52. The lowest BCUT2D eigenvalue weighted by atomic mass is 10.0. The van der Waals surface area contributed by atoms with E-state index in [9.17, 15) is 9.59 Å². The summed E-state index contributed by atoms with van der Waals surface area (Å²) in [5, 5.41) is 14.2. The van der Waals surface area contributed by atoms with Crippen molar-refractivity contribution in [2.24, 2.45) is 0 Å². The SMILES string of the molecule is Cc1c(C(=O)O)cnn1C1CCN(C(=O)c2cc(Cl)ccc2Cl)CC1. The van der Waals surface area contributed by atoms with Gasteiger partial charge in [0.2, 0.25) is 0 Å². The van der Waals surface area contributed by atoms with Gasteiger partial charge in [0.25, 0.3) is 5.91 Å². The Balaban J connectivity index is 1.71. The Morgan fingerprint density at radius 1 is 1.20 bits per heavy atom. The summed E-state index contributed by atoms with van der Waals surface area (Å²) in [6.45, 7) is 2.85. The molecule has 1 fully saturated rings. The van der Waals surface area contributed by atoms with Crippen molar-refractivity contribution in [2.45, 2.75) is 25.8 Å². The van der Waals surface area contributed by atoms with Crippen molar-refractivity contribution < 1.29 is 14.7 Å². The van der Waals surface area contributed by atoms with Gasteiger partial charge in [-0.1, -0.05) is 23.2 Å². The monoisotopic (exact) mass is 381 g/mol. The molecule has 6 nitrogen and oxygen atoms in total. The first-order valence-corrected chi connectivity index (χ1v) is 8.66. The molecule has 132 valence electrons. The van der Waals surface area contributed by atoms with Crippen molar-refractivity contribution in [1.82, 2.24) is 14.7 Å². The van der Waals surface area contributed by atoms with Crippen LogP contribution in [0.1, 0.15) is 45.3 Å². The Labute approximate surface area is 154 Å². The molecule has 8 heteroatoms. The van der Waals surface area contributed by atoms with Crippen LogP contribution in [0.4, 0.5) is 0 Å². The molecule has 1 aromatic heterocycles. The molecule has 1 N–H and O–H groups in total. The van der Waals surface area contributed by atoms with E-state index in [1.54, 1.807) is 34.7 Å². The molecule has 2 heterocycles. The maximum atomic E-state index is 12.7. The Hall–Kier alpha value is -2.05. The van der Waals surface area contributed by atoms with Gasteiger partial charge >= 0.3 is 5.97 Å². The highest BCUT2D eigenvalue weighted by atomic mass is 35.5. The van der Waals surface area contributed by atoms with Crippen molar-refractivity contribution >= 4 is 35.1 Å². The van der Waals surface area contributed by atoms with Crippen molar-refractivity contribution in [3.8, 4) is 0 Å². The molecule has 1 amide bonds. The highest BCUT2D eigenvalue weighted by Gasteiger charge is 2.28. The molecular formula is C17H17Cl2N3O3. The number of hydrogen-bond acceptors (Lipinski definition) is 3. The number of likely N-dealkylation sites (tertiary alicyclic amines) is 1. The quantitative estimate of drug-likeness (QED) is 0.879. The van der Waals surface area contributed by atoms with E-state index in [0.717, 1.165) is 0 Å². The van der Waals surface area contributed by atoms with E-state index >= 15 is 0 Å². The maximum Gasteiger partial charge on any atom is 0.339 e. The molecule has 1 aliphatic heterocycles. The number of rotatable bonds is 3. The number of aromatic nitrogens is 2. The van der Waals surface area contributed by atoms with Crippen molar-refractivity contribution in [2.75, 3.05) is 13.1 Å². The highest BCUT2D eigenvalue weighted by molar-refractivity contribution is 6.35. The minimum atomic E-state index is -0.980. The second-order valence-corrected chi connectivity index (χ2v) is 6.88. The van der Waals surface area contributed by atoms with E-state index in [2.05, 4.69) is 5.10 Å². The summed E-state index contributed by atoms with van der Waals surface area (Å²) in [6, 6.07) is 4.92. The first kappa shape index (κ1) is 17.8. The number of halogens is 2. The molecule has 0 unspecified atom stereocenters. The molecule has 1 aromatic carbocycles. The molecular weight excluding hydrogens is 365 g/mol. The third kappa shape index (κ3) is 3.50. The molecule has 0 aliphatic carbocycles. The van der Waals surface area contributed by atoms with Crippen LogP contribution in [0.3, 0.4) is 0 Å². The summed E-state index contributed by atoms with van der Waals surface area (Å²) >= 11 is 12.1. The van der Waals surface area contributed by atoms with Gasteiger partial charge in [-0.25, -0.2) is 4.79 Å². The van der Waals surface area contributed by atoms with Crippen LogP contribution in [0.15, 0.2) is 24.4 Å². The molecule has 0 bridgehead atoms. The Bertz CT molecular complexity index is 827. The number of carboxylic acid groups (broad SMARTS) is 1. The van der Waals surface area contributed by atoms with Gasteiger partial charge in [0.05, 0.1) is 28.5 Å². The van der Waals surface area contributed by atoms with Crippen LogP contribution < -0.4 is 0 Å². The summed E-state index contributed by atoms with van der Waals surface area (Å²) in [5.74, 6) is -1.12. The third-order valence-corrected chi connectivity index (χ3v) is 5.10. The van der Waals surface area contributed by atoms with Crippen LogP contribution in [0, 0.1) is 6.92 Å². The summed E-state index contributed by atoms with van der Waals surface area (Å²) in [6.07, 6.45) is 2.78. The Morgan fingerprint density at radius 2 is 1.88 bits per heavy atom. The maximum absolute atomic E-state index is 12.7. The van der Waals surface area contributed by atoms with E-state index in [0.29, 0.717) is 47.2 Å². The van der Waals surface area contributed by atoms with Gasteiger partial charge in [-0.15, -0.1) is 0 Å². The lowest BCUT2D eigenvalue weighted by Crippen LogP contribution is -2.39. The number of carbonyl (C=O) groups excluding carboxylic acids is 1. The van der Waals surface area contributed by atoms with E-state index in [1.165, 1.54) is 6.20 Å². The van der Waals surface area contributed by atoms with Crippen LogP contribution in [0.5, 0.6) is 0 Å². The van der Waals surface area contributed by atoms with Crippen LogP contribution in [-0.2, 0) is 0 Å². The largest absolute Gasteiger partial charge is 0.478 e. The number of amides is 1. The van der Waals surface area contributed by atoms with E-state index < -0.39 is 5.97 Å². The molecule has 1 saturated heterocycles. The summed E-state index contributed by atoms with van der Waals surface area (Å²) in [7, 11) is 0. The van der Waals surface area contributed by atoms with Crippen molar-refractivity contribution in [3.05, 3.63) is 51.3 Å². The molecule has 25 heavy (non-hydrogen) atoms. The molecule has 3 rings (SSSR count). The number of benzene rings is 1. The zero-order valence-corrected chi connectivity index (χ0v) is 15.1. The first-order chi connectivity index (χ1) is 11.9. The van der Waals surface area contributed by atoms with E-state index in [1.807, 2.05) is 0 Å². The van der Waals surface area contributed by atoms with Crippen LogP contribution in [0.25, 0.3) is 0 Å². The fourth-order valence-electron chi connectivity index (χ4n) is 3.15. The van der Waals surface area contributed by atoms with Gasteiger partial charge in [-0.3, -0.25) is 9.48 Å². The molecule has 0 atom stereocenters.